The number of carbonyl (C=O) groups is 2. The van der Waals surface area contributed by atoms with Gasteiger partial charge in [-0.25, -0.2) is 0 Å². The molecule has 150 valence electrons. The molecule has 0 fully saturated rings. The summed E-state index contributed by atoms with van der Waals surface area (Å²) in [5.74, 6) is -1.96. The largest absolute Gasteiger partial charge is 0.468 e. The third-order valence-electron chi connectivity index (χ3n) is 5.82. The lowest BCUT2D eigenvalue weighted by molar-refractivity contribution is -0.159. The molecule has 0 N–H and O–H groups in total. The molecule has 0 saturated carbocycles. The summed E-state index contributed by atoms with van der Waals surface area (Å²) in [6.45, 7) is 13.3. The highest BCUT2D eigenvalue weighted by atomic mass is 28.3. The van der Waals surface area contributed by atoms with Crippen molar-refractivity contribution in [1.82, 2.24) is 0 Å². The summed E-state index contributed by atoms with van der Waals surface area (Å²) in [5, 5.41) is 1.40. The number of esters is 2. The first-order valence-corrected chi connectivity index (χ1v) is 11.8. The van der Waals surface area contributed by atoms with Gasteiger partial charge in [0.1, 0.15) is 0 Å². The lowest BCUT2D eigenvalue weighted by atomic mass is 10.0. The molecule has 1 rings (SSSR count). The minimum Gasteiger partial charge on any atom is -0.468 e. The van der Waals surface area contributed by atoms with Crippen LogP contribution in [0.15, 0.2) is 43.0 Å². The normalized spacial score (nSPS) is 12.9. The van der Waals surface area contributed by atoms with E-state index in [1.54, 1.807) is 0 Å². The molecular weight excluding hydrogens is 356 g/mol. The molecular formula is C22H34O4Si. The fraction of sp³-hybridized carbons (Fsp3) is 0.545. The van der Waals surface area contributed by atoms with E-state index in [-0.39, 0.29) is 5.54 Å². The van der Waals surface area contributed by atoms with Gasteiger partial charge in [-0.05, 0) is 29.5 Å². The van der Waals surface area contributed by atoms with E-state index in [4.69, 9.17) is 9.47 Å². The third kappa shape index (κ3) is 4.89. The van der Waals surface area contributed by atoms with E-state index in [2.05, 4.69) is 58.5 Å². The van der Waals surface area contributed by atoms with Gasteiger partial charge in [-0.3, -0.25) is 9.59 Å². The zero-order valence-electron chi connectivity index (χ0n) is 17.5. The van der Waals surface area contributed by atoms with E-state index in [1.165, 1.54) is 19.4 Å². The molecule has 0 heterocycles. The minimum absolute atomic E-state index is 0.233. The van der Waals surface area contributed by atoms with Crippen LogP contribution in [0.3, 0.4) is 0 Å². The van der Waals surface area contributed by atoms with Crippen molar-refractivity contribution in [1.29, 1.82) is 0 Å². The smallest absolute Gasteiger partial charge is 0.320 e. The molecule has 5 heteroatoms. The van der Waals surface area contributed by atoms with Crippen LogP contribution in [0.4, 0.5) is 0 Å². The second-order valence-corrected chi connectivity index (χ2v) is 13.1. The number of hydrogen-bond acceptors (Lipinski definition) is 4. The van der Waals surface area contributed by atoms with Crippen LogP contribution in [0, 0.1) is 5.92 Å². The van der Waals surface area contributed by atoms with Gasteiger partial charge in [-0.15, -0.1) is 6.58 Å². The van der Waals surface area contributed by atoms with Gasteiger partial charge in [0.25, 0.3) is 0 Å². The number of benzene rings is 1. The van der Waals surface area contributed by atoms with E-state index in [1.807, 2.05) is 12.1 Å². The van der Waals surface area contributed by atoms with Gasteiger partial charge in [-0.2, -0.15) is 0 Å². The second kappa shape index (κ2) is 10.5. The lowest BCUT2D eigenvalue weighted by Gasteiger charge is -2.45. The molecule has 0 amide bonds. The molecule has 0 aliphatic rings. The van der Waals surface area contributed by atoms with Crippen LogP contribution in [-0.2, 0) is 19.1 Å². The summed E-state index contributed by atoms with van der Waals surface area (Å²) in [6, 6.07) is 10.7. The van der Waals surface area contributed by atoms with Gasteiger partial charge in [0, 0.05) is 0 Å². The quantitative estimate of drug-likeness (QED) is 0.256. The lowest BCUT2D eigenvalue weighted by Crippen LogP contribution is -2.56. The highest BCUT2D eigenvalue weighted by Crippen LogP contribution is 2.44. The SMILES string of the molecule is C=CC(CCC(C(=O)OC)C(=O)OC)[Si](c1ccccc1)(C(C)C)C(C)C. The summed E-state index contributed by atoms with van der Waals surface area (Å²) < 4.78 is 9.62. The van der Waals surface area contributed by atoms with Gasteiger partial charge < -0.3 is 9.47 Å². The Morgan fingerprint density at radius 1 is 0.963 bits per heavy atom. The number of carbonyl (C=O) groups excluding carboxylic acids is 2. The summed E-state index contributed by atoms with van der Waals surface area (Å²) in [5.41, 5.74) is 1.20. The number of rotatable bonds is 10. The van der Waals surface area contributed by atoms with Crippen molar-refractivity contribution in [3.8, 4) is 0 Å². The van der Waals surface area contributed by atoms with Crippen LogP contribution in [0.1, 0.15) is 40.5 Å². The highest BCUT2D eigenvalue weighted by molar-refractivity contribution is 6.95. The maximum Gasteiger partial charge on any atom is 0.320 e. The Hall–Kier alpha value is -1.88. The van der Waals surface area contributed by atoms with Gasteiger partial charge in [-0.1, -0.05) is 69.3 Å². The first kappa shape index (κ1) is 23.2. The summed E-state index contributed by atoms with van der Waals surface area (Å²) in [6.07, 6.45) is 3.14. The van der Waals surface area contributed by atoms with Crippen LogP contribution < -0.4 is 5.19 Å². The Balaban J connectivity index is 3.28. The fourth-order valence-corrected chi connectivity index (χ4v) is 11.3. The van der Waals surface area contributed by atoms with Crippen LogP contribution in [-0.4, -0.2) is 34.2 Å². The molecule has 1 atom stereocenters. The molecule has 0 aromatic heterocycles. The molecule has 0 radical (unpaired) electrons. The monoisotopic (exact) mass is 390 g/mol. The van der Waals surface area contributed by atoms with Crippen molar-refractivity contribution in [2.45, 2.75) is 57.2 Å². The van der Waals surface area contributed by atoms with E-state index in [0.29, 0.717) is 23.9 Å². The maximum absolute atomic E-state index is 12.1. The van der Waals surface area contributed by atoms with Crippen LogP contribution in [0.2, 0.25) is 16.6 Å². The molecule has 1 aromatic rings. The highest BCUT2D eigenvalue weighted by Gasteiger charge is 2.47. The fourth-order valence-electron chi connectivity index (χ4n) is 4.64. The summed E-state index contributed by atoms with van der Waals surface area (Å²) in [4.78, 5) is 24.1. The molecule has 4 nitrogen and oxygen atoms in total. The third-order valence-corrected chi connectivity index (χ3v) is 12.7. The van der Waals surface area contributed by atoms with Crippen LogP contribution in [0.25, 0.3) is 0 Å². The van der Waals surface area contributed by atoms with E-state index in [9.17, 15) is 9.59 Å². The van der Waals surface area contributed by atoms with Crippen molar-refractivity contribution in [2.75, 3.05) is 14.2 Å². The molecule has 27 heavy (non-hydrogen) atoms. The molecule has 0 aliphatic carbocycles. The molecule has 0 bridgehead atoms. The first-order chi connectivity index (χ1) is 12.8. The summed E-state index contributed by atoms with van der Waals surface area (Å²) >= 11 is 0. The topological polar surface area (TPSA) is 52.6 Å². The number of allylic oxidation sites excluding steroid dienone is 1. The number of ether oxygens (including phenoxy) is 2. The molecule has 1 aromatic carbocycles. The average molecular weight is 391 g/mol. The van der Waals surface area contributed by atoms with Crippen molar-refractivity contribution in [3.05, 3.63) is 43.0 Å². The zero-order valence-corrected chi connectivity index (χ0v) is 18.5. The predicted octanol–water partition coefficient (Wildman–Crippen LogP) is 4.46. The van der Waals surface area contributed by atoms with Crippen LogP contribution in [0.5, 0.6) is 0 Å². The van der Waals surface area contributed by atoms with Gasteiger partial charge in [0.2, 0.25) is 0 Å². The first-order valence-electron chi connectivity index (χ1n) is 9.60. The van der Waals surface area contributed by atoms with E-state index < -0.39 is 25.9 Å². The number of hydrogen-bond donors (Lipinski definition) is 0. The Morgan fingerprint density at radius 3 is 1.81 bits per heavy atom. The van der Waals surface area contributed by atoms with Crippen molar-refractivity contribution in [2.24, 2.45) is 5.92 Å². The van der Waals surface area contributed by atoms with Gasteiger partial charge in [0.15, 0.2) is 5.92 Å². The Morgan fingerprint density at radius 2 is 1.44 bits per heavy atom. The van der Waals surface area contributed by atoms with E-state index >= 15 is 0 Å². The average Bonchev–Trinajstić information content (AvgIpc) is 2.66. The van der Waals surface area contributed by atoms with Crippen molar-refractivity contribution < 1.29 is 19.1 Å². The maximum atomic E-state index is 12.1. The Kier molecular flexibility index (Phi) is 8.96. The zero-order chi connectivity index (χ0) is 20.6. The Labute approximate surface area is 165 Å². The Bertz CT molecular complexity index is 600. The van der Waals surface area contributed by atoms with Gasteiger partial charge >= 0.3 is 11.9 Å². The molecule has 0 saturated heterocycles. The molecule has 0 spiro atoms. The second-order valence-electron chi connectivity index (χ2n) is 7.63. The number of methoxy groups -OCH3 is 2. The van der Waals surface area contributed by atoms with Crippen molar-refractivity contribution >= 4 is 25.2 Å². The summed E-state index contributed by atoms with van der Waals surface area (Å²) in [7, 11) is 0.565. The minimum atomic E-state index is -2.03. The molecule has 0 aliphatic heterocycles. The standard InChI is InChI=1S/C22H34O4Si/c1-8-18(14-15-20(21(23)25-6)22(24)26-7)27(16(2)3,17(4)5)19-12-10-9-11-13-19/h8-13,16-18,20H,1,14-15H2,2-7H3. The van der Waals surface area contributed by atoms with E-state index in [0.717, 1.165) is 0 Å². The molecule has 1 unspecified atom stereocenters. The van der Waals surface area contributed by atoms with Crippen LogP contribution >= 0.6 is 0 Å². The van der Waals surface area contributed by atoms with Gasteiger partial charge in [0.05, 0.1) is 22.3 Å². The van der Waals surface area contributed by atoms with Crippen molar-refractivity contribution in [3.63, 3.8) is 0 Å². The predicted molar refractivity (Wildman–Crippen MR) is 113 cm³/mol.